The minimum Gasteiger partial charge on any atom is -0.456 e. The van der Waals surface area contributed by atoms with Crippen molar-refractivity contribution in [3.05, 3.63) is 64.8 Å². The van der Waals surface area contributed by atoms with Crippen LogP contribution < -0.4 is 10.3 Å². The summed E-state index contributed by atoms with van der Waals surface area (Å²) in [5, 5.41) is 0.621. The molecule has 22 heavy (non-hydrogen) atoms. The standard InChI is InChI=1S/C19H19NO2/c1-3-20(4-2)15-10-11-16-17(21)13-18(22-19(16)12-15)14-8-6-5-7-9-14/h5-13H,3-4H2,1-2H3. The third-order valence-corrected chi connectivity index (χ3v) is 3.90. The molecule has 0 saturated heterocycles. The van der Waals surface area contributed by atoms with Crippen molar-refractivity contribution < 1.29 is 4.42 Å². The number of benzene rings is 2. The average Bonchev–Trinajstić information content (AvgIpc) is 2.56. The van der Waals surface area contributed by atoms with Crippen LogP contribution in [0.4, 0.5) is 5.69 Å². The van der Waals surface area contributed by atoms with Crippen molar-refractivity contribution in [3.8, 4) is 11.3 Å². The Morgan fingerprint density at radius 1 is 0.955 bits per heavy atom. The SMILES string of the molecule is CCN(CC)c1ccc2c(=O)cc(-c3ccccc3)oc2c1. The maximum absolute atomic E-state index is 12.3. The molecule has 2 aromatic carbocycles. The Bertz CT molecular complexity index is 833. The fourth-order valence-corrected chi connectivity index (χ4v) is 2.67. The lowest BCUT2D eigenvalue weighted by Gasteiger charge is -2.21. The molecule has 0 amide bonds. The van der Waals surface area contributed by atoms with Gasteiger partial charge in [-0.2, -0.15) is 0 Å². The molecule has 0 spiro atoms. The second-order valence-electron chi connectivity index (χ2n) is 5.19. The molecule has 3 heteroatoms. The third kappa shape index (κ3) is 2.62. The van der Waals surface area contributed by atoms with Gasteiger partial charge in [-0.1, -0.05) is 30.3 Å². The number of hydrogen-bond acceptors (Lipinski definition) is 3. The van der Waals surface area contributed by atoms with Crippen molar-refractivity contribution in [2.45, 2.75) is 13.8 Å². The summed E-state index contributed by atoms with van der Waals surface area (Å²) in [6.07, 6.45) is 0. The van der Waals surface area contributed by atoms with Gasteiger partial charge >= 0.3 is 0 Å². The van der Waals surface area contributed by atoms with Crippen LogP contribution in [-0.4, -0.2) is 13.1 Å². The molecule has 0 bridgehead atoms. The van der Waals surface area contributed by atoms with Gasteiger partial charge < -0.3 is 9.32 Å². The number of rotatable bonds is 4. The molecule has 3 rings (SSSR count). The van der Waals surface area contributed by atoms with E-state index in [2.05, 4.69) is 18.7 Å². The summed E-state index contributed by atoms with van der Waals surface area (Å²) in [6.45, 7) is 6.07. The van der Waals surface area contributed by atoms with Gasteiger partial charge in [-0.3, -0.25) is 4.79 Å². The average molecular weight is 293 g/mol. The lowest BCUT2D eigenvalue weighted by Crippen LogP contribution is -2.21. The molecule has 3 aromatic rings. The van der Waals surface area contributed by atoms with Gasteiger partial charge in [-0.05, 0) is 26.0 Å². The first-order chi connectivity index (χ1) is 10.7. The van der Waals surface area contributed by atoms with Crippen molar-refractivity contribution in [1.82, 2.24) is 0 Å². The molecule has 112 valence electrons. The van der Waals surface area contributed by atoms with E-state index < -0.39 is 0 Å². The number of fused-ring (bicyclic) bond motifs is 1. The van der Waals surface area contributed by atoms with Crippen LogP contribution in [0.1, 0.15) is 13.8 Å². The molecular weight excluding hydrogens is 274 g/mol. The molecule has 0 N–H and O–H groups in total. The predicted molar refractivity (Wildman–Crippen MR) is 91.5 cm³/mol. The Morgan fingerprint density at radius 3 is 2.36 bits per heavy atom. The van der Waals surface area contributed by atoms with E-state index >= 15 is 0 Å². The molecule has 0 saturated carbocycles. The van der Waals surface area contributed by atoms with Crippen LogP contribution >= 0.6 is 0 Å². The van der Waals surface area contributed by atoms with Gasteiger partial charge in [-0.25, -0.2) is 0 Å². The van der Waals surface area contributed by atoms with Gasteiger partial charge in [0, 0.05) is 36.5 Å². The predicted octanol–water partition coefficient (Wildman–Crippen LogP) is 4.31. The molecule has 0 radical (unpaired) electrons. The van der Waals surface area contributed by atoms with Crippen LogP contribution in [0.15, 0.2) is 63.8 Å². The zero-order valence-electron chi connectivity index (χ0n) is 12.9. The highest BCUT2D eigenvalue weighted by Gasteiger charge is 2.09. The second kappa shape index (κ2) is 6.06. The van der Waals surface area contributed by atoms with Crippen molar-refractivity contribution in [1.29, 1.82) is 0 Å². The quantitative estimate of drug-likeness (QED) is 0.719. The number of nitrogens with zero attached hydrogens (tertiary/aromatic N) is 1. The zero-order valence-corrected chi connectivity index (χ0v) is 12.9. The fraction of sp³-hybridized carbons (Fsp3) is 0.211. The maximum atomic E-state index is 12.3. The van der Waals surface area contributed by atoms with Crippen molar-refractivity contribution in [2.75, 3.05) is 18.0 Å². The van der Waals surface area contributed by atoms with Crippen LogP contribution in [0.3, 0.4) is 0 Å². The molecule has 0 fully saturated rings. The summed E-state index contributed by atoms with van der Waals surface area (Å²) in [5.74, 6) is 0.606. The van der Waals surface area contributed by atoms with E-state index in [4.69, 9.17) is 4.42 Å². The molecule has 0 aliphatic rings. The summed E-state index contributed by atoms with van der Waals surface area (Å²) in [5.41, 5.74) is 2.61. The molecule has 0 unspecified atom stereocenters. The minimum atomic E-state index is -0.00815. The Balaban J connectivity index is 2.17. The van der Waals surface area contributed by atoms with E-state index in [1.165, 1.54) is 0 Å². The first-order valence-electron chi connectivity index (χ1n) is 7.61. The molecule has 0 aliphatic carbocycles. The van der Waals surface area contributed by atoms with Gasteiger partial charge in [0.15, 0.2) is 5.43 Å². The maximum Gasteiger partial charge on any atom is 0.193 e. The van der Waals surface area contributed by atoms with Crippen LogP contribution in [-0.2, 0) is 0 Å². The highest BCUT2D eigenvalue weighted by Crippen LogP contribution is 2.25. The van der Waals surface area contributed by atoms with E-state index in [-0.39, 0.29) is 5.43 Å². The van der Waals surface area contributed by atoms with E-state index in [0.29, 0.717) is 16.7 Å². The van der Waals surface area contributed by atoms with Gasteiger partial charge in [0.1, 0.15) is 11.3 Å². The van der Waals surface area contributed by atoms with E-state index in [0.717, 1.165) is 24.3 Å². The molecular formula is C19H19NO2. The summed E-state index contributed by atoms with van der Waals surface area (Å²) < 4.78 is 5.98. The van der Waals surface area contributed by atoms with E-state index in [1.807, 2.05) is 48.5 Å². The summed E-state index contributed by atoms with van der Waals surface area (Å²) in [4.78, 5) is 14.6. The molecule has 1 heterocycles. The lowest BCUT2D eigenvalue weighted by atomic mass is 10.1. The molecule has 0 aliphatic heterocycles. The Hall–Kier alpha value is -2.55. The summed E-state index contributed by atoms with van der Waals surface area (Å²) in [7, 11) is 0. The second-order valence-corrected chi connectivity index (χ2v) is 5.19. The monoisotopic (exact) mass is 293 g/mol. The summed E-state index contributed by atoms with van der Waals surface area (Å²) >= 11 is 0. The van der Waals surface area contributed by atoms with Crippen LogP contribution in [0.2, 0.25) is 0 Å². The Kier molecular flexibility index (Phi) is 3.96. The van der Waals surface area contributed by atoms with Gasteiger partial charge in [0.2, 0.25) is 0 Å². The van der Waals surface area contributed by atoms with Crippen LogP contribution in [0.25, 0.3) is 22.3 Å². The normalized spacial score (nSPS) is 10.8. The lowest BCUT2D eigenvalue weighted by molar-refractivity contribution is 0.618. The van der Waals surface area contributed by atoms with Crippen LogP contribution in [0, 0.1) is 0 Å². The van der Waals surface area contributed by atoms with Crippen molar-refractivity contribution in [3.63, 3.8) is 0 Å². The van der Waals surface area contributed by atoms with Crippen molar-refractivity contribution in [2.24, 2.45) is 0 Å². The largest absolute Gasteiger partial charge is 0.456 e. The van der Waals surface area contributed by atoms with E-state index in [9.17, 15) is 4.79 Å². The Morgan fingerprint density at radius 2 is 1.68 bits per heavy atom. The number of anilines is 1. The van der Waals surface area contributed by atoms with Crippen LogP contribution in [0.5, 0.6) is 0 Å². The molecule has 3 nitrogen and oxygen atoms in total. The Labute approximate surface area is 129 Å². The molecule has 0 atom stereocenters. The zero-order chi connectivity index (χ0) is 15.5. The van der Waals surface area contributed by atoms with Gasteiger partial charge in [-0.15, -0.1) is 0 Å². The topological polar surface area (TPSA) is 33.5 Å². The van der Waals surface area contributed by atoms with Gasteiger partial charge in [0.25, 0.3) is 0 Å². The van der Waals surface area contributed by atoms with E-state index in [1.54, 1.807) is 6.07 Å². The first kappa shape index (κ1) is 14.4. The highest BCUT2D eigenvalue weighted by molar-refractivity contribution is 5.82. The smallest absolute Gasteiger partial charge is 0.193 e. The number of hydrogen-bond donors (Lipinski definition) is 0. The van der Waals surface area contributed by atoms with Gasteiger partial charge in [0.05, 0.1) is 5.39 Å². The third-order valence-electron chi connectivity index (χ3n) is 3.90. The minimum absolute atomic E-state index is 0.00815. The highest BCUT2D eigenvalue weighted by atomic mass is 16.3. The van der Waals surface area contributed by atoms with Crippen molar-refractivity contribution >= 4 is 16.7 Å². The fourth-order valence-electron chi connectivity index (χ4n) is 2.67. The summed E-state index contributed by atoms with van der Waals surface area (Å²) in [6, 6.07) is 17.1. The molecule has 1 aromatic heterocycles. The first-order valence-corrected chi connectivity index (χ1v) is 7.61.